The summed E-state index contributed by atoms with van der Waals surface area (Å²) in [7, 11) is -1.17. The van der Waals surface area contributed by atoms with Crippen molar-refractivity contribution in [1.82, 2.24) is 4.90 Å². The van der Waals surface area contributed by atoms with Gasteiger partial charge >= 0.3 is 5.97 Å². The van der Waals surface area contributed by atoms with E-state index in [0.717, 1.165) is 30.8 Å². The van der Waals surface area contributed by atoms with Gasteiger partial charge in [0.05, 0.1) is 25.5 Å². The highest BCUT2D eigenvalue weighted by Crippen LogP contribution is 2.78. The second kappa shape index (κ2) is 14.6. The molecule has 9 atom stereocenters. The zero-order valence-corrected chi connectivity index (χ0v) is 37.5. The summed E-state index contributed by atoms with van der Waals surface area (Å²) in [6.45, 7) is 26.3. The van der Waals surface area contributed by atoms with Gasteiger partial charge in [-0.05, 0) is 102 Å². The van der Waals surface area contributed by atoms with Crippen molar-refractivity contribution < 1.29 is 32.7 Å². The molecule has 2 amide bonds. The molecule has 1 saturated heterocycles. The maximum Gasteiger partial charge on any atom is 0.322 e. The Kier molecular flexibility index (Phi) is 11.2. The third-order valence-corrected chi connectivity index (χ3v) is 26.2. The molecule has 0 aromatic heterocycles. The largest absolute Gasteiger partial charge is 0.547 e. The molecule has 1 heterocycles. The van der Waals surface area contributed by atoms with Crippen LogP contribution in [0.3, 0.4) is 0 Å². The van der Waals surface area contributed by atoms with E-state index in [1.54, 1.807) is 0 Å². The van der Waals surface area contributed by atoms with E-state index in [1.807, 2.05) is 37.4 Å². The van der Waals surface area contributed by atoms with Crippen LogP contribution in [0.5, 0.6) is 0 Å². The average molecular weight is 780 g/mol. The van der Waals surface area contributed by atoms with Crippen LogP contribution in [-0.2, 0) is 39.3 Å². The fourth-order valence-electron chi connectivity index (χ4n) is 12.2. The maximum atomic E-state index is 15.1. The number of allylic oxidation sites excluding steroid dienone is 2. The Morgan fingerprint density at radius 1 is 0.944 bits per heavy atom. The fourth-order valence-corrected chi connectivity index (χ4v) is 18.8. The van der Waals surface area contributed by atoms with Crippen LogP contribution in [0.1, 0.15) is 100.0 Å². The number of amides is 2. The summed E-state index contributed by atoms with van der Waals surface area (Å²) in [5.74, 6) is 0.196. The van der Waals surface area contributed by atoms with Crippen LogP contribution in [0.25, 0.3) is 0 Å². The van der Waals surface area contributed by atoms with Gasteiger partial charge in [0.2, 0.25) is 20.1 Å². The molecule has 4 aliphatic carbocycles. The van der Waals surface area contributed by atoms with E-state index in [9.17, 15) is 9.59 Å². The molecule has 0 radical (unpaired) electrons. The van der Waals surface area contributed by atoms with E-state index in [-0.39, 0.29) is 59.6 Å². The van der Waals surface area contributed by atoms with Crippen molar-refractivity contribution in [3.05, 3.63) is 47.7 Å². The van der Waals surface area contributed by atoms with Crippen molar-refractivity contribution in [1.29, 1.82) is 0 Å². The van der Waals surface area contributed by atoms with Crippen molar-refractivity contribution in [2.75, 3.05) is 20.8 Å². The van der Waals surface area contributed by atoms with Gasteiger partial charge in [-0.15, -0.1) is 0 Å². The number of esters is 1. The third kappa shape index (κ3) is 6.31. The molecule has 1 aromatic rings. The van der Waals surface area contributed by atoms with Crippen LogP contribution in [0.2, 0.25) is 34.8 Å². The minimum absolute atomic E-state index is 0.0522. The van der Waals surface area contributed by atoms with Crippen molar-refractivity contribution in [2.45, 2.75) is 142 Å². The average Bonchev–Trinajstić information content (AvgIpc) is 3.68. The van der Waals surface area contributed by atoms with Gasteiger partial charge in [0.15, 0.2) is 13.7 Å². The Bertz CT molecular complexity index is 1600. The van der Waals surface area contributed by atoms with E-state index < -0.39 is 39.8 Å². The molecule has 0 spiro atoms. The number of fused-ring (bicyclic) bond motifs is 6. The van der Waals surface area contributed by atoms with Gasteiger partial charge in [-0.25, -0.2) is 0 Å². The quantitative estimate of drug-likeness (QED) is 0.0853. The van der Waals surface area contributed by atoms with Crippen molar-refractivity contribution in [3.63, 3.8) is 0 Å². The van der Waals surface area contributed by atoms with E-state index in [2.05, 4.69) is 81.5 Å². The van der Waals surface area contributed by atoms with Crippen LogP contribution in [0.15, 0.2) is 42.2 Å². The Hall–Kier alpha value is -2.28. The van der Waals surface area contributed by atoms with E-state index in [4.69, 9.17) is 18.3 Å². The van der Waals surface area contributed by atoms with Gasteiger partial charge in [0, 0.05) is 31.5 Å². The molecule has 54 heavy (non-hydrogen) atoms. The van der Waals surface area contributed by atoms with Gasteiger partial charge < -0.3 is 18.3 Å². The van der Waals surface area contributed by atoms with Gasteiger partial charge in [0.25, 0.3) is 0 Å². The minimum Gasteiger partial charge on any atom is -0.547 e. The number of carbonyl (C=O) groups excluding carboxylic acids is 3. The number of nitrogens with zero attached hydrogens (tertiary/aromatic N) is 1. The number of rotatable bonds is 13. The predicted molar refractivity (Wildman–Crippen MR) is 217 cm³/mol. The fraction of sp³-hybridized carbons (Fsp3) is 0.750. The number of benzene rings is 1. The molecule has 1 aliphatic heterocycles. The molecule has 2 bridgehead atoms. The summed E-state index contributed by atoms with van der Waals surface area (Å²) in [6.07, 6.45) is 4.95. The van der Waals surface area contributed by atoms with Gasteiger partial charge in [-0.2, -0.15) is 0 Å². The van der Waals surface area contributed by atoms with Crippen LogP contribution in [0, 0.1) is 46.3 Å². The lowest BCUT2D eigenvalue weighted by atomic mass is 9.57. The van der Waals surface area contributed by atoms with Crippen LogP contribution < -0.4 is 0 Å². The number of imide groups is 1. The molecule has 10 heteroatoms. The summed E-state index contributed by atoms with van der Waals surface area (Å²) in [5.41, 5.74) is 0.972. The first-order valence-electron chi connectivity index (χ1n) is 20.8. The summed E-state index contributed by atoms with van der Waals surface area (Å²) < 4.78 is 26.7. The predicted octanol–water partition coefficient (Wildman–Crippen LogP) is 9.52. The SMILES string of the molecule is COC(=O)[C@]12CC=C(O[Si](C)(C)C(C)(C)C)[C@@H]([C@@H]3C[C@H]4[C@H](OC)[C@@H]3[C@H]3C[C@]34CO[Si](C(C)C)(C(C)C)C(C)C)[C@H]1CCC(=O)N(Cc1ccccc1)C2=O. The first-order chi connectivity index (χ1) is 25.2. The second-order valence-electron chi connectivity index (χ2n) is 20.0. The van der Waals surface area contributed by atoms with Crippen molar-refractivity contribution in [3.8, 4) is 0 Å². The number of methoxy groups -OCH3 is 2. The Morgan fingerprint density at radius 3 is 2.13 bits per heavy atom. The maximum absolute atomic E-state index is 15.1. The molecule has 0 unspecified atom stereocenters. The summed E-state index contributed by atoms with van der Waals surface area (Å²) >= 11 is 0. The first-order valence-corrected chi connectivity index (χ1v) is 25.8. The number of ether oxygens (including phenoxy) is 2. The van der Waals surface area contributed by atoms with Crippen molar-refractivity contribution in [2.24, 2.45) is 46.3 Å². The highest BCUT2D eigenvalue weighted by atomic mass is 28.4. The highest BCUT2D eigenvalue weighted by Gasteiger charge is 2.78. The standard InChI is InChI=1S/C44H69NO7Si2/c1-27(2)54(28(3)4,29(5)6)51-26-43-24-34(43)38-31(23-33(43)39(38)49-10)37-32-19-20-36(46)45(25-30-17-15-14-16-18-30)40(47)44(32,41(48)50-11)22-21-35(37)52-53(12,13)42(7,8)9/h14-18,21,27-29,31-34,37-39H,19-20,22-26H2,1-13H3/t31-,32+,33-,34+,37-,38-,39-,43+,44+/m0/s1. The van der Waals surface area contributed by atoms with Gasteiger partial charge in [-0.3, -0.25) is 19.3 Å². The zero-order chi connectivity index (χ0) is 39.8. The highest BCUT2D eigenvalue weighted by molar-refractivity contribution is 6.77. The molecule has 6 rings (SSSR count). The molecule has 5 aliphatic rings. The topological polar surface area (TPSA) is 91.4 Å². The zero-order valence-electron chi connectivity index (χ0n) is 35.5. The molecular formula is C44H69NO7Si2. The third-order valence-electron chi connectivity index (χ3n) is 15.7. The van der Waals surface area contributed by atoms with Crippen LogP contribution in [0.4, 0.5) is 0 Å². The Morgan fingerprint density at radius 2 is 1.57 bits per heavy atom. The van der Waals surface area contributed by atoms with Crippen LogP contribution in [-0.4, -0.2) is 66.2 Å². The smallest absolute Gasteiger partial charge is 0.322 e. The first kappa shape index (κ1) is 41.4. The summed E-state index contributed by atoms with van der Waals surface area (Å²) in [5, 5.41) is -0.0522. The van der Waals surface area contributed by atoms with Crippen molar-refractivity contribution >= 4 is 34.4 Å². The second-order valence-corrected chi connectivity index (χ2v) is 30.2. The number of carbonyl (C=O) groups is 3. The Labute approximate surface area is 327 Å². The normalized spacial score (nSPS) is 33.9. The van der Waals surface area contributed by atoms with Gasteiger partial charge in [-0.1, -0.05) is 92.6 Å². The van der Waals surface area contributed by atoms with E-state index >= 15 is 4.79 Å². The van der Waals surface area contributed by atoms with Crippen LogP contribution >= 0.6 is 0 Å². The Balaban J connectivity index is 1.41. The lowest BCUT2D eigenvalue weighted by Gasteiger charge is -2.50. The number of hydrogen-bond donors (Lipinski definition) is 0. The molecule has 0 N–H and O–H groups in total. The van der Waals surface area contributed by atoms with E-state index in [0.29, 0.717) is 34.9 Å². The lowest BCUT2D eigenvalue weighted by Crippen LogP contribution is -2.57. The minimum atomic E-state index is -2.34. The number of likely N-dealkylation sites (tertiary alicyclic amines) is 1. The van der Waals surface area contributed by atoms with E-state index in [1.165, 1.54) is 12.0 Å². The lowest BCUT2D eigenvalue weighted by molar-refractivity contribution is -0.171. The summed E-state index contributed by atoms with van der Waals surface area (Å²) in [4.78, 5) is 44.8. The molecule has 3 saturated carbocycles. The molecule has 8 nitrogen and oxygen atoms in total. The monoisotopic (exact) mass is 779 g/mol. The molecule has 4 fully saturated rings. The number of hydrogen-bond acceptors (Lipinski definition) is 7. The van der Waals surface area contributed by atoms with Gasteiger partial charge in [0.1, 0.15) is 0 Å². The summed E-state index contributed by atoms with van der Waals surface area (Å²) in [6, 6.07) is 9.58. The molecule has 300 valence electrons. The molecule has 1 aromatic carbocycles. The molecular weight excluding hydrogens is 711 g/mol.